The molecule has 0 aromatic heterocycles. The molecule has 4 saturated carbocycles. The first-order chi connectivity index (χ1) is 22.4. The van der Waals surface area contributed by atoms with Crippen LogP contribution >= 0.6 is 0 Å². The Balaban J connectivity index is 1.82. The van der Waals surface area contributed by atoms with Crippen LogP contribution in [0, 0.1) is 46.3 Å². The van der Waals surface area contributed by atoms with E-state index < -0.39 is 22.7 Å². The van der Waals surface area contributed by atoms with Gasteiger partial charge in [-0.1, -0.05) is 62.3 Å². The zero-order chi connectivity index (χ0) is 37.1. The summed E-state index contributed by atoms with van der Waals surface area (Å²) >= 11 is 0. The van der Waals surface area contributed by atoms with Gasteiger partial charge in [0.25, 0.3) is 0 Å². The number of methoxy groups -OCH3 is 1. The normalized spacial score (nSPS) is 37.3. The average Bonchev–Trinajstić information content (AvgIpc) is 3.33. The fraction of sp³-hybridized carbons (Fsp3) is 0.900. The van der Waals surface area contributed by atoms with Crippen molar-refractivity contribution in [2.75, 3.05) is 7.11 Å². The highest BCUT2D eigenvalue weighted by Crippen LogP contribution is 2.70. The van der Waals surface area contributed by atoms with Gasteiger partial charge in [-0.15, -0.1) is 0 Å². The summed E-state index contributed by atoms with van der Waals surface area (Å²) in [5.74, 6) is 2.94. The third kappa shape index (κ3) is 7.36. The van der Waals surface area contributed by atoms with Crippen molar-refractivity contribution in [3.63, 3.8) is 0 Å². The SMILES string of the molecule is COC(=O)CC[C@@H](C)[C@H]1CC[C@H]2[C@@H]3C(OC(C)=O)C(=C=O)[C@@H]4C[C@H](O[Si](C)(C)C(C)(C)C)CC[C@]4(C)[C@H]3C[C@H](O[Si](C)(C)C(C)(C)C)[C@]12C. The molecule has 0 aliphatic heterocycles. The van der Waals surface area contributed by atoms with Crippen molar-refractivity contribution >= 4 is 34.5 Å². The van der Waals surface area contributed by atoms with Crippen molar-refractivity contribution in [2.24, 2.45) is 46.3 Å². The topological polar surface area (TPSA) is 88.1 Å². The summed E-state index contributed by atoms with van der Waals surface area (Å²) in [6, 6.07) is 0. The second-order valence-electron chi connectivity index (χ2n) is 20.0. The number of carbonyl (C=O) groups excluding carboxylic acids is 3. The lowest BCUT2D eigenvalue weighted by Gasteiger charge is -2.65. The number of hydrogen-bond acceptors (Lipinski definition) is 7. The quantitative estimate of drug-likeness (QED) is 0.133. The minimum absolute atomic E-state index is 0.0153. The zero-order valence-electron chi connectivity index (χ0n) is 33.7. The molecule has 49 heavy (non-hydrogen) atoms. The van der Waals surface area contributed by atoms with Crippen molar-refractivity contribution in [3.05, 3.63) is 5.57 Å². The highest BCUT2D eigenvalue weighted by atomic mass is 28.4. The standard InChI is InChI=1S/C40H70O7Si2/c1-25(16-19-34(43)44-11)29-17-18-30-35-32(23-33(40(29,30)10)47-49(14,15)38(6,7)8)39(9)21-20-27(46-48(12,13)37(3,4)5)22-31(39)28(24-41)36(35)45-26(2)42/h25,27,29-33,35-36H,16-23H2,1-15H3/t25-,27-,29-,30+,31+,32+,33+,35+,36?,39+,40-/m1/s1. The first-order valence-electron chi connectivity index (χ1n) is 19.2. The number of rotatable bonds is 9. The fourth-order valence-corrected chi connectivity index (χ4v) is 13.2. The molecule has 1 unspecified atom stereocenters. The molecule has 0 aromatic carbocycles. The van der Waals surface area contributed by atoms with Crippen LogP contribution in [0.2, 0.25) is 36.3 Å². The molecule has 0 spiro atoms. The summed E-state index contributed by atoms with van der Waals surface area (Å²) in [5, 5.41) is 0.135. The van der Waals surface area contributed by atoms with Crippen LogP contribution in [0.25, 0.3) is 0 Å². The molecular formula is C40H70O7Si2. The van der Waals surface area contributed by atoms with E-state index in [9.17, 15) is 14.4 Å². The predicted octanol–water partition coefficient (Wildman–Crippen LogP) is 9.53. The van der Waals surface area contributed by atoms with Crippen molar-refractivity contribution in [1.29, 1.82) is 0 Å². The summed E-state index contributed by atoms with van der Waals surface area (Å²) in [6.07, 6.45) is 6.27. The molecule has 0 N–H and O–H groups in total. The molecule has 0 heterocycles. The summed E-state index contributed by atoms with van der Waals surface area (Å²) in [7, 11) is -2.77. The first-order valence-corrected chi connectivity index (χ1v) is 25.0. The lowest BCUT2D eigenvalue weighted by atomic mass is 9.42. The van der Waals surface area contributed by atoms with E-state index in [1.165, 1.54) is 14.0 Å². The average molecular weight is 719 g/mol. The third-order valence-corrected chi connectivity index (χ3v) is 24.3. The second-order valence-corrected chi connectivity index (χ2v) is 29.5. The Kier molecular flexibility index (Phi) is 11.5. The summed E-state index contributed by atoms with van der Waals surface area (Å²) < 4.78 is 25.9. The first kappa shape index (κ1) is 40.5. The molecular weight excluding hydrogens is 649 g/mol. The van der Waals surface area contributed by atoms with E-state index >= 15 is 0 Å². The molecule has 11 atom stereocenters. The molecule has 0 radical (unpaired) electrons. The van der Waals surface area contributed by atoms with Crippen LogP contribution in [0.3, 0.4) is 0 Å². The highest BCUT2D eigenvalue weighted by Gasteiger charge is 2.69. The van der Waals surface area contributed by atoms with Gasteiger partial charge in [0.1, 0.15) is 12.0 Å². The summed E-state index contributed by atoms with van der Waals surface area (Å²) in [5.41, 5.74) is 0.285. The van der Waals surface area contributed by atoms with E-state index in [-0.39, 0.29) is 68.7 Å². The molecule has 9 heteroatoms. The fourth-order valence-electron chi connectivity index (χ4n) is 10.4. The summed E-state index contributed by atoms with van der Waals surface area (Å²) in [4.78, 5) is 38.3. The maximum absolute atomic E-state index is 13.2. The maximum Gasteiger partial charge on any atom is 0.305 e. The summed E-state index contributed by atoms with van der Waals surface area (Å²) in [6.45, 7) is 31.7. The van der Waals surface area contributed by atoms with E-state index in [1.807, 2.05) is 0 Å². The van der Waals surface area contributed by atoms with Gasteiger partial charge in [0.2, 0.25) is 0 Å². The lowest BCUT2D eigenvalue weighted by molar-refractivity contribution is -0.195. The van der Waals surface area contributed by atoms with Crippen LogP contribution in [0.1, 0.15) is 121 Å². The van der Waals surface area contributed by atoms with Crippen LogP contribution in [-0.2, 0) is 32.7 Å². The molecule has 0 bridgehead atoms. The molecule has 4 aliphatic carbocycles. The molecule has 0 saturated heterocycles. The zero-order valence-corrected chi connectivity index (χ0v) is 35.7. The van der Waals surface area contributed by atoms with Crippen molar-refractivity contribution in [3.8, 4) is 0 Å². The molecule has 0 aromatic rings. The largest absolute Gasteiger partial charge is 0.469 e. The highest BCUT2D eigenvalue weighted by molar-refractivity contribution is 6.74. The van der Waals surface area contributed by atoms with Crippen LogP contribution in [-0.4, -0.2) is 59.9 Å². The van der Waals surface area contributed by atoms with Gasteiger partial charge >= 0.3 is 11.9 Å². The Bertz CT molecular complexity index is 1290. The van der Waals surface area contributed by atoms with Gasteiger partial charge in [-0.05, 0) is 116 Å². The Morgan fingerprint density at radius 2 is 1.51 bits per heavy atom. The third-order valence-electron chi connectivity index (χ3n) is 15.3. The number of esters is 2. The molecule has 4 rings (SSSR count). The molecule has 4 aliphatic rings. The van der Waals surface area contributed by atoms with Crippen LogP contribution < -0.4 is 0 Å². The van der Waals surface area contributed by atoms with Gasteiger partial charge < -0.3 is 18.3 Å². The Hall–Kier alpha value is -1.26. The van der Waals surface area contributed by atoms with Gasteiger partial charge in [0.05, 0.1) is 18.8 Å². The number of fused-ring (bicyclic) bond motifs is 5. The predicted molar refractivity (Wildman–Crippen MR) is 201 cm³/mol. The Morgan fingerprint density at radius 1 is 0.918 bits per heavy atom. The molecule has 7 nitrogen and oxygen atoms in total. The van der Waals surface area contributed by atoms with E-state index in [0.717, 1.165) is 44.9 Å². The van der Waals surface area contributed by atoms with E-state index in [0.29, 0.717) is 23.8 Å². The minimum atomic E-state index is -2.19. The van der Waals surface area contributed by atoms with Crippen molar-refractivity contribution in [2.45, 2.75) is 175 Å². The van der Waals surface area contributed by atoms with Crippen molar-refractivity contribution < 1.29 is 32.7 Å². The van der Waals surface area contributed by atoms with Crippen LogP contribution in [0.5, 0.6) is 0 Å². The van der Waals surface area contributed by atoms with E-state index in [2.05, 4.69) is 94.4 Å². The van der Waals surface area contributed by atoms with Gasteiger partial charge in [-0.25, -0.2) is 4.79 Å². The van der Waals surface area contributed by atoms with E-state index in [4.69, 9.17) is 18.3 Å². The number of hydrogen-bond donors (Lipinski definition) is 0. The Labute approximate surface area is 300 Å². The lowest BCUT2D eigenvalue weighted by Crippen LogP contribution is -2.65. The molecule has 4 fully saturated rings. The van der Waals surface area contributed by atoms with Gasteiger partial charge in [-0.3, -0.25) is 9.59 Å². The van der Waals surface area contributed by atoms with Gasteiger partial charge in [-0.2, -0.15) is 0 Å². The monoisotopic (exact) mass is 718 g/mol. The smallest absolute Gasteiger partial charge is 0.305 e. The van der Waals surface area contributed by atoms with Gasteiger partial charge in [0, 0.05) is 31.3 Å². The van der Waals surface area contributed by atoms with Crippen LogP contribution in [0.4, 0.5) is 0 Å². The van der Waals surface area contributed by atoms with Crippen LogP contribution in [0.15, 0.2) is 5.57 Å². The van der Waals surface area contributed by atoms with E-state index in [1.54, 1.807) is 0 Å². The minimum Gasteiger partial charge on any atom is -0.469 e. The molecule has 280 valence electrons. The molecule has 0 amide bonds. The number of carbonyl (C=O) groups is 2. The van der Waals surface area contributed by atoms with Crippen molar-refractivity contribution in [1.82, 2.24) is 0 Å². The maximum atomic E-state index is 13.2. The number of ether oxygens (including phenoxy) is 2. The second kappa shape index (κ2) is 13.9. The van der Waals surface area contributed by atoms with Gasteiger partial charge in [0.15, 0.2) is 16.6 Å². The Morgan fingerprint density at radius 3 is 2.04 bits per heavy atom.